The zero-order valence-corrected chi connectivity index (χ0v) is 15.4. The molecule has 134 valence electrons. The van der Waals surface area contributed by atoms with E-state index in [4.69, 9.17) is 9.47 Å². The number of carbonyl (C=O) groups excluding carboxylic acids is 2. The molecule has 24 heavy (non-hydrogen) atoms. The fraction of sp³-hybridized carbons (Fsp3) is 0.556. The van der Waals surface area contributed by atoms with E-state index in [0.29, 0.717) is 19.0 Å². The van der Waals surface area contributed by atoms with Crippen LogP contribution in [0, 0.1) is 0 Å². The van der Waals surface area contributed by atoms with Crippen molar-refractivity contribution >= 4 is 24.1 Å². The predicted molar refractivity (Wildman–Crippen MR) is 97.4 cm³/mol. The van der Waals surface area contributed by atoms with Crippen molar-refractivity contribution < 1.29 is 19.1 Å². The second-order valence-electron chi connectivity index (χ2n) is 6.28. The number of alkyl carbamates (subject to hydrolysis) is 1. The SMILES string of the molecule is CC(C)(C)OC(=O)N[C@H](COCCCSCC=O)c1ccccc1. The molecule has 0 fully saturated rings. The van der Waals surface area contributed by atoms with E-state index >= 15 is 0 Å². The molecular weight excluding hydrogens is 326 g/mol. The molecule has 0 saturated heterocycles. The van der Waals surface area contributed by atoms with E-state index in [1.165, 1.54) is 0 Å². The van der Waals surface area contributed by atoms with Crippen LogP contribution in [0.3, 0.4) is 0 Å². The summed E-state index contributed by atoms with van der Waals surface area (Å²) in [5.41, 5.74) is 0.431. The second-order valence-corrected chi connectivity index (χ2v) is 7.43. The zero-order chi connectivity index (χ0) is 17.8. The van der Waals surface area contributed by atoms with Crippen molar-refractivity contribution in [3.05, 3.63) is 35.9 Å². The van der Waals surface area contributed by atoms with Crippen molar-refractivity contribution in [1.82, 2.24) is 5.32 Å². The minimum Gasteiger partial charge on any atom is -0.444 e. The topological polar surface area (TPSA) is 64.6 Å². The standard InChI is InChI=1S/C18H27NO4S/c1-18(2,3)23-17(21)19-16(15-8-5-4-6-9-15)14-22-11-7-12-24-13-10-20/h4-6,8-10,16H,7,11-14H2,1-3H3,(H,19,21)/t16-/m1/s1. The molecule has 1 atom stereocenters. The molecule has 5 nitrogen and oxygen atoms in total. The molecule has 0 aliphatic heterocycles. The van der Waals surface area contributed by atoms with Crippen molar-refractivity contribution in [2.24, 2.45) is 0 Å². The van der Waals surface area contributed by atoms with Gasteiger partial charge in [0.15, 0.2) is 0 Å². The van der Waals surface area contributed by atoms with E-state index in [9.17, 15) is 9.59 Å². The number of hydrogen-bond acceptors (Lipinski definition) is 5. The van der Waals surface area contributed by atoms with Crippen LogP contribution in [0.1, 0.15) is 38.8 Å². The fourth-order valence-corrected chi connectivity index (χ4v) is 2.54. The summed E-state index contributed by atoms with van der Waals surface area (Å²) < 4.78 is 11.0. The van der Waals surface area contributed by atoms with E-state index in [-0.39, 0.29) is 6.04 Å². The zero-order valence-electron chi connectivity index (χ0n) is 14.6. The summed E-state index contributed by atoms with van der Waals surface area (Å²) in [5.74, 6) is 1.40. The normalized spacial score (nSPS) is 12.5. The first kappa shape index (κ1) is 20.5. The Bertz CT molecular complexity index is 488. The molecule has 0 aromatic heterocycles. The Morgan fingerprint density at radius 1 is 1.29 bits per heavy atom. The Hall–Kier alpha value is -1.53. The van der Waals surface area contributed by atoms with Gasteiger partial charge in [-0.05, 0) is 38.5 Å². The molecule has 0 bridgehead atoms. The molecule has 0 heterocycles. The van der Waals surface area contributed by atoms with E-state index in [1.807, 2.05) is 51.1 Å². The van der Waals surface area contributed by atoms with Crippen LogP contribution in [0.2, 0.25) is 0 Å². The summed E-state index contributed by atoms with van der Waals surface area (Å²) in [6.07, 6.45) is 1.32. The Morgan fingerprint density at radius 3 is 2.62 bits per heavy atom. The first-order valence-corrected chi connectivity index (χ1v) is 9.21. The molecule has 0 unspecified atom stereocenters. The molecule has 0 spiro atoms. The molecule has 1 N–H and O–H groups in total. The van der Waals surface area contributed by atoms with Crippen LogP contribution in [0.5, 0.6) is 0 Å². The minimum atomic E-state index is -0.540. The van der Waals surface area contributed by atoms with Gasteiger partial charge in [-0.1, -0.05) is 30.3 Å². The van der Waals surface area contributed by atoms with Crippen molar-refractivity contribution in [3.63, 3.8) is 0 Å². The maximum absolute atomic E-state index is 12.0. The molecule has 1 aromatic carbocycles. The maximum Gasteiger partial charge on any atom is 0.408 e. The van der Waals surface area contributed by atoms with Crippen LogP contribution < -0.4 is 5.32 Å². The molecular formula is C18H27NO4S. The number of hydrogen-bond donors (Lipinski definition) is 1. The van der Waals surface area contributed by atoms with Gasteiger partial charge in [0.1, 0.15) is 11.9 Å². The van der Waals surface area contributed by atoms with Crippen molar-refractivity contribution in [2.45, 2.75) is 38.8 Å². The van der Waals surface area contributed by atoms with E-state index in [0.717, 1.165) is 24.0 Å². The van der Waals surface area contributed by atoms with Crippen LogP contribution in [-0.2, 0) is 14.3 Å². The monoisotopic (exact) mass is 353 g/mol. The number of ether oxygens (including phenoxy) is 2. The average Bonchev–Trinajstić information content (AvgIpc) is 2.52. The van der Waals surface area contributed by atoms with Crippen LogP contribution in [0.15, 0.2) is 30.3 Å². The summed E-state index contributed by atoms with van der Waals surface area (Å²) >= 11 is 1.59. The third-order valence-corrected chi connectivity index (χ3v) is 3.89. The fourth-order valence-electron chi connectivity index (χ4n) is 1.95. The summed E-state index contributed by atoms with van der Waals surface area (Å²) in [4.78, 5) is 22.3. The second kappa shape index (κ2) is 11.1. The first-order valence-electron chi connectivity index (χ1n) is 8.06. The molecule has 1 amide bonds. The Morgan fingerprint density at radius 2 is 2.00 bits per heavy atom. The molecule has 1 aromatic rings. The number of thioether (sulfide) groups is 1. The van der Waals surface area contributed by atoms with Gasteiger partial charge in [-0.3, -0.25) is 0 Å². The number of rotatable bonds is 10. The van der Waals surface area contributed by atoms with Gasteiger partial charge in [0.25, 0.3) is 0 Å². The number of amides is 1. The van der Waals surface area contributed by atoms with Crippen molar-refractivity contribution in [3.8, 4) is 0 Å². The van der Waals surface area contributed by atoms with Gasteiger partial charge in [-0.25, -0.2) is 4.79 Å². The average molecular weight is 353 g/mol. The summed E-state index contributed by atoms with van der Waals surface area (Å²) in [5, 5.41) is 2.86. The third-order valence-electron chi connectivity index (χ3n) is 2.94. The number of nitrogens with one attached hydrogen (secondary N) is 1. The van der Waals surface area contributed by atoms with Crippen molar-refractivity contribution in [2.75, 3.05) is 24.7 Å². The van der Waals surface area contributed by atoms with Gasteiger partial charge < -0.3 is 19.6 Å². The highest BCUT2D eigenvalue weighted by Gasteiger charge is 2.20. The van der Waals surface area contributed by atoms with Gasteiger partial charge in [0.05, 0.1) is 12.6 Å². The minimum absolute atomic E-state index is 0.260. The summed E-state index contributed by atoms with van der Waals surface area (Å²) in [6, 6.07) is 9.42. The molecule has 1 rings (SSSR count). The molecule has 0 aliphatic carbocycles. The predicted octanol–water partition coefficient (Wildman–Crippen LogP) is 3.59. The van der Waals surface area contributed by atoms with Crippen LogP contribution >= 0.6 is 11.8 Å². The van der Waals surface area contributed by atoms with Crippen LogP contribution in [0.25, 0.3) is 0 Å². The lowest BCUT2D eigenvalue weighted by molar-refractivity contribution is -0.105. The summed E-state index contributed by atoms with van der Waals surface area (Å²) in [7, 11) is 0. The Balaban J connectivity index is 2.48. The molecule has 6 heteroatoms. The maximum atomic E-state index is 12.0. The van der Waals surface area contributed by atoms with E-state index in [2.05, 4.69) is 5.32 Å². The lowest BCUT2D eigenvalue weighted by atomic mass is 10.1. The molecule has 0 radical (unpaired) electrons. The smallest absolute Gasteiger partial charge is 0.408 e. The largest absolute Gasteiger partial charge is 0.444 e. The van der Waals surface area contributed by atoms with Gasteiger partial charge in [-0.15, -0.1) is 0 Å². The van der Waals surface area contributed by atoms with Crippen molar-refractivity contribution in [1.29, 1.82) is 0 Å². The van der Waals surface area contributed by atoms with Crippen LogP contribution in [-0.4, -0.2) is 42.7 Å². The third kappa shape index (κ3) is 9.57. The van der Waals surface area contributed by atoms with Gasteiger partial charge in [0, 0.05) is 12.4 Å². The Kier molecular flexibility index (Phi) is 9.49. The molecule has 0 aliphatic rings. The quantitative estimate of drug-likeness (QED) is 0.514. The number of aldehydes is 1. The van der Waals surface area contributed by atoms with Crippen LogP contribution in [0.4, 0.5) is 4.79 Å². The van der Waals surface area contributed by atoms with Gasteiger partial charge >= 0.3 is 6.09 Å². The number of benzene rings is 1. The highest BCUT2D eigenvalue weighted by molar-refractivity contribution is 7.99. The number of carbonyl (C=O) groups is 2. The van der Waals surface area contributed by atoms with Gasteiger partial charge in [-0.2, -0.15) is 11.8 Å². The Labute approximate surface area is 148 Å². The first-order chi connectivity index (χ1) is 11.4. The lowest BCUT2D eigenvalue weighted by Crippen LogP contribution is -2.36. The highest BCUT2D eigenvalue weighted by atomic mass is 32.2. The highest BCUT2D eigenvalue weighted by Crippen LogP contribution is 2.15. The van der Waals surface area contributed by atoms with Gasteiger partial charge in [0.2, 0.25) is 0 Å². The van der Waals surface area contributed by atoms with E-state index < -0.39 is 11.7 Å². The van der Waals surface area contributed by atoms with E-state index in [1.54, 1.807) is 11.8 Å². The lowest BCUT2D eigenvalue weighted by Gasteiger charge is -2.24. The molecule has 0 saturated carbocycles. The summed E-state index contributed by atoms with van der Waals surface area (Å²) in [6.45, 7) is 6.46.